The summed E-state index contributed by atoms with van der Waals surface area (Å²) in [5, 5.41) is 23.7. The number of carboxylic acids is 1. The molecule has 1 fully saturated rings. The van der Waals surface area contributed by atoms with Crippen LogP contribution in [0.2, 0.25) is 0 Å². The zero-order valence-corrected chi connectivity index (χ0v) is 20.8. The molecular weight excluding hydrogens is 443 g/mol. The summed E-state index contributed by atoms with van der Waals surface area (Å²) in [6, 6.07) is 10.4. The monoisotopic (exact) mass is 464 g/mol. The number of nitrogens with zero attached hydrogens (tertiary/aromatic N) is 2. The van der Waals surface area contributed by atoms with Gasteiger partial charge in [0.1, 0.15) is 0 Å². The number of fused-ring (bicyclic) bond motifs is 1. The molecule has 3 heterocycles. The first-order chi connectivity index (χ1) is 14.6. The molecule has 2 aromatic carbocycles. The SMILES string of the molecule is CC(O)C1C(=O)N2C(C(=O)[O-])=C(CN3c4cccc5cccc(c45)CS3(=O)=O)C(C)C12.[Na+]. The van der Waals surface area contributed by atoms with Crippen LogP contribution >= 0.6 is 0 Å². The van der Waals surface area contributed by atoms with Gasteiger partial charge in [-0.25, -0.2) is 8.42 Å². The molecule has 32 heavy (non-hydrogen) atoms. The molecule has 4 unspecified atom stereocenters. The minimum atomic E-state index is -3.77. The van der Waals surface area contributed by atoms with Crippen molar-refractivity contribution in [2.75, 3.05) is 10.8 Å². The van der Waals surface area contributed by atoms with Crippen LogP contribution in [0, 0.1) is 11.8 Å². The summed E-state index contributed by atoms with van der Waals surface area (Å²) in [7, 11) is -3.77. The van der Waals surface area contributed by atoms with E-state index in [9.17, 15) is 28.2 Å². The second-order valence-electron chi connectivity index (χ2n) is 8.47. The fraction of sp³-hybridized carbons (Fsp3) is 0.364. The van der Waals surface area contributed by atoms with E-state index in [0.29, 0.717) is 16.8 Å². The zero-order chi connectivity index (χ0) is 22.2. The summed E-state index contributed by atoms with van der Waals surface area (Å²) in [6.07, 6.45) is -0.933. The van der Waals surface area contributed by atoms with Crippen molar-refractivity contribution >= 4 is 38.4 Å². The van der Waals surface area contributed by atoms with Crippen molar-refractivity contribution in [3.63, 3.8) is 0 Å². The molecule has 5 rings (SSSR count). The Morgan fingerprint density at radius 3 is 2.53 bits per heavy atom. The Kier molecular flexibility index (Phi) is 5.70. The van der Waals surface area contributed by atoms with Gasteiger partial charge in [0.05, 0.1) is 47.7 Å². The summed E-state index contributed by atoms with van der Waals surface area (Å²) in [4.78, 5) is 25.7. The number of aliphatic carboxylic acids is 1. The van der Waals surface area contributed by atoms with Crippen LogP contribution in [-0.2, 0) is 25.4 Å². The minimum Gasteiger partial charge on any atom is -0.543 e. The number of amides is 1. The number of aliphatic hydroxyl groups is 1. The van der Waals surface area contributed by atoms with E-state index in [0.717, 1.165) is 15.7 Å². The van der Waals surface area contributed by atoms with Crippen molar-refractivity contribution in [1.29, 1.82) is 0 Å². The third-order valence-corrected chi connectivity index (χ3v) is 8.41. The van der Waals surface area contributed by atoms with E-state index in [4.69, 9.17) is 0 Å². The van der Waals surface area contributed by atoms with E-state index in [1.165, 1.54) is 11.2 Å². The summed E-state index contributed by atoms with van der Waals surface area (Å²) >= 11 is 0. The van der Waals surface area contributed by atoms with E-state index < -0.39 is 45.9 Å². The maximum atomic E-state index is 13.2. The van der Waals surface area contributed by atoms with Gasteiger partial charge in [-0.2, -0.15) is 0 Å². The average molecular weight is 464 g/mol. The molecule has 0 saturated carbocycles. The largest absolute Gasteiger partial charge is 1.00 e. The first-order valence-corrected chi connectivity index (χ1v) is 11.7. The number of sulfonamides is 1. The van der Waals surface area contributed by atoms with Crippen molar-refractivity contribution in [3.8, 4) is 0 Å². The van der Waals surface area contributed by atoms with Crippen molar-refractivity contribution in [2.45, 2.75) is 31.7 Å². The number of rotatable bonds is 4. The van der Waals surface area contributed by atoms with Crippen LogP contribution in [0.3, 0.4) is 0 Å². The second-order valence-corrected chi connectivity index (χ2v) is 10.4. The van der Waals surface area contributed by atoms with Crippen LogP contribution < -0.4 is 39.0 Å². The quantitative estimate of drug-likeness (QED) is 0.390. The smallest absolute Gasteiger partial charge is 0.543 e. The first-order valence-electron chi connectivity index (χ1n) is 10.1. The van der Waals surface area contributed by atoms with Crippen LogP contribution in [0.25, 0.3) is 10.8 Å². The topological polar surface area (TPSA) is 118 Å². The molecule has 0 aliphatic carbocycles. The van der Waals surface area contributed by atoms with Crippen molar-refractivity contribution in [1.82, 2.24) is 4.90 Å². The maximum Gasteiger partial charge on any atom is 1.00 e. The molecule has 0 spiro atoms. The van der Waals surface area contributed by atoms with Gasteiger partial charge in [-0.05, 0) is 29.5 Å². The van der Waals surface area contributed by atoms with Crippen molar-refractivity contribution < 1.29 is 57.8 Å². The van der Waals surface area contributed by atoms with Gasteiger partial charge in [0.25, 0.3) is 0 Å². The molecule has 1 N–H and O–H groups in total. The van der Waals surface area contributed by atoms with E-state index in [2.05, 4.69) is 0 Å². The van der Waals surface area contributed by atoms with Gasteiger partial charge in [-0.1, -0.05) is 37.3 Å². The third-order valence-electron chi connectivity index (χ3n) is 6.73. The molecule has 4 atom stereocenters. The molecule has 162 valence electrons. The Morgan fingerprint density at radius 1 is 1.25 bits per heavy atom. The van der Waals surface area contributed by atoms with Crippen LogP contribution in [-0.4, -0.2) is 49.0 Å². The fourth-order valence-corrected chi connectivity index (χ4v) is 6.91. The molecule has 1 amide bonds. The van der Waals surface area contributed by atoms with Gasteiger partial charge in [0, 0.05) is 11.3 Å². The van der Waals surface area contributed by atoms with Gasteiger partial charge in [0.15, 0.2) is 0 Å². The fourth-order valence-electron chi connectivity index (χ4n) is 5.33. The number of β-lactam (4-membered cyclic amide) rings is 1. The molecule has 10 heteroatoms. The van der Waals surface area contributed by atoms with Crippen molar-refractivity contribution in [2.24, 2.45) is 11.8 Å². The number of hydrogen-bond donors (Lipinski definition) is 1. The van der Waals surface area contributed by atoms with Gasteiger partial charge >= 0.3 is 29.6 Å². The Morgan fingerprint density at radius 2 is 1.91 bits per heavy atom. The van der Waals surface area contributed by atoms with Crippen LogP contribution in [0.4, 0.5) is 5.69 Å². The summed E-state index contributed by atoms with van der Waals surface area (Å²) in [5.41, 5.74) is 1.23. The number of carboxylic acid groups (broad SMARTS) is 1. The summed E-state index contributed by atoms with van der Waals surface area (Å²) < 4.78 is 27.6. The molecular formula is C22H21N2NaO6S. The Balaban J connectivity index is 0.00000245. The van der Waals surface area contributed by atoms with E-state index in [-0.39, 0.29) is 47.6 Å². The van der Waals surface area contributed by atoms with E-state index in [1.54, 1.807) is 25.1 Å². The Bertz CT molecular complexity index is 1280. The predicted molar refractivity (Wildman–Crippen MR) is 111 cm³/mol. The van der Waals surface area contributed by atoms with Gasteiger partial charge in [-0.15, -0.1) is 0 Å². The first kappa shape index (κ1) is 23.3. The standard InChI is InChI=1S/C22H22N2O6S.Na/c1-11-15(20(22(27)28)24-19(11)17(12(2)25)21(24)26)9-23-16-8-4-6-13-5-3-7-14(18(13)16)10-31(23,29)30;/h3-8,11-12,17,19,25H,9-10H2,1-2H3,(H,27,28);/q;+1/p-1. The molecule has 0 aromatic heterocycles. The average Bonchev–Trinajstić information content (AvgIpc) is 2.93. The summed E-state index contributed by atoms with van der Waals surface area (Å²) in [6.45, 7) is 3.07. The summed E-state index contributed by atoms with van der Waals surface area (Å²) in [5.74, 6) is -3.34. The van der Waals surface area contributed by atoms with Gasteiger partial charge < -0.3 is 19.9 Å². The van der Waals surface area contributed by atoms with Crippen LogP contribution in [0.5, 0.6) is 0 Å². The number of anilines is 1. The molecule has 0 radical (unpaired) electrons. The molecule has 3 aliphatic heterocycles. The molecule has 1 saturated heterocycles. The maximum absolute atomic E-state index is 13.2. The number of hydrogen-bond acceptors (Lipinski definition) is 6. The van der Waals surface area contributed by atoms with Gasteiger partial charge in [-0.3, -0.25) is 9.10 Å². The van der Waals surface area contributed by atoms with E-state index in [1.807, 2.05) is 18.2 Å². The Hall–Kier alpha value is -1.91. The Labute approximate surface area is 207 Å². The normalized spacial score (nSPS) is 26.5. The van der Waals surface area contributed by atoms with Gasteiger partial charge in [0.2, 0.25) is 15.9 Å². The molecule has 8 nitrogen and oxygen atoms in total. The second kappa shape index (κ2) is 7.85. The number of carbonyl (C=O) groups is 2. The zero-order valence-electron chi connectivity index (χ0n) is 18.0. The molecule has 2 aromatic rings. The van der Waals surface area contributed by atoms with Crippen molar-refractivity contribution in [3.05, 3.63) is 53.2 Å². The minimum absolute atomic E-state index is 0. The molecule has 3 aliphatic rings. The number of aliphatic hydroxyl groups excluding tert-OH is 1. The van der Waals surface area contributed by atoms with Crippen LogP contribution in [0.15, 0.2) is 47.7 Å². The van der Waals surface area contributed by atoms with E-state index >= 15 is 0 Å². The van der Waals surface area contributed by atoms with Crippen LogP contribution in [0.1, 0.15) is 19.4 Å². The third kappa shape index (κ3) is 3.13. The predicted octanol–water partition coefficient (Wildman–Crippen LogP) is -2.64. The molecule has 0 bridgehead atoms. The number of benzene rings is 2. The number of carbonyl (C=O) groups excluding carboxylic acids is 2.